The number of carbonyl (C=O) groups is 2. The fourth-order valence-electron chi connectivity index (χ4n) is 2.81. The normalized spacial score (nSPS) is 15.7. The zero-order chi connectivity index (χ0) is 17.4. The Kier molecular flexibility index (Phi) is 4.26. The quantitative estimate of drug-likeness (QED) is 0.843. The molecule has 1 atom stereocenters. The SMILES string of the molecule is Cc1noc2nc(C3CC3)cc(C(=O)NC(CC(C)C)C(=O)O)c12. The number of aliphatic carboxylic acids is 1. The Balaban J connectivity index is 1.96. The number of amides is 1. The van der Waals surface area contributed by atoms with Crippen molar-refractivity contribution in [3.8, 4) is 0 Å². The third-order valence-electron chi connectivity index (χ3n) is 4.19. The average molecular weight is 331 g/mol. The second-order valence-electron chi connectivity index (χ2n) is 6.81. The molecule has 0 aromatic carbocycles. The van der Waals surface area contributed by atoms with E-state index in [9.17, 15) is 14.7 Å². The van der Waals surface area contributed by atoms with Gasteiger partial charge in [0.2, 0.25) is 0 Å². The van der Waals surface area contributed by atoms with Gasteiger partial charge in [0.05, 0.1) is 16.6 Å². The lowest BCUT2D eigenvalue weighted by atomic mass is 10.0. The molecule has 1 aliphatic rings. The van der Waals surface area contributed by atoms with E-state index in [0.717, 1.165) is 18.5 Å². The number of carbonyl (C=O) groups excluding carboxylic acids is 1. The molecule has 0 radical (unpaired) electrons. The van der Waals surface area contributed by atoms with Crippen LogP contribution < -0.4 is 5.32 Å². The van der Waals surface area contributed by atoms with E-state index in [1.165, 1.54) is 0 Å². The van der Waals surface area contributed by atoms with Crippen molar-refractivity contribution in [2.45, 2.75) is 52.0 Å². The van der Waals surface area contributed by atoms with Crippen molar-refractivity contribution in [1.29, 1.82) is 0 Å². The van der Waals surface area contributed by atoms with Crippen LogP contribution >= 0.6 is 0 Å². The summed E-state index contributed by atoms with van der Waals surface area (Å²) < 4.78 is 5.22. The lowest BCUT2D eigenvalue weighted by Gasteiger charge is -2.17. The van der Waals surface area contributed by atoms with E-state index in [0.29, 0.717) is 34.7 Å². The van der Waals surface area contributed by atoms with Crippen LogP contribution in [-0.4, -0.2) is 33.2 Å². The minimum Gasteiger partial charge on any atom is -0.480 e. The minimum absolute atomic E-state index is 0.156. The topological polar surface area (TPSA) is 105 Å². The maximum absolute atomic E-state index is 12.7. The zero-order valence-electron chi connectivity index (χ0n) is 14.0. The van der Waals surface area contributed by atoms with Crippen LogP contribution in [-0.2, 0) is 4.79 Å². The number of carboxylic acids is 1. The molecule has 2 heterocycles. The third-order valence-corrected chi connectivity index (χ3v) is 4.19. The zero-order valence-corrected chi connectivity index (χ0v) is 14.0. The summed E-state index contributed by atoms with van der Waals surface area (Å²) in [5, 5.41) is 16.4. The lowest BCUT2D eigenvalue weighted by molar-refractivity contribution is -0.139. The van der Waals surface area contributed by atoms with Gasteiger partial charge in [0, 0.05) is 11.6 Å². The first-order valence-corrected chi connectivity index (χ1v) is 8.17. The van der Waals surface area contributed by atoms with Crippen LogP contribution in [0.4, 0.5) is 0 Å². The summed E-state index contributed by atoms with van der Waals surface area (Å²) in [4.78, 5) is 28.6. The maximum Gasteiger partial charge on any atom is 0.326 e. The van der Waals surface area contributed by atoms with Gasteiger partial charge in [0.15, 0.2) is 0 Å². The highest BCUT2D eigenvalue weighted by molar-refractivity contribution is 6.07. The molecule has 1 unspecified atom stereocenters. The van der Waals surface area contributed by atoms with Crippen molar-refractivity contribution in [2.75, 3.05) is 0 Å². The monoisotopic (exact) mass is 331 g/mol. The Morgan fingerprint density at radius 1 is 1.42 bits per heavy atom. The first kappa shape index (κ1) is 16.4. The third kappa shape index (κ3) is 3.25. The number of nitrogens with one attached hydrogen (secondary N) is 1. The molecule has 2 aromatic heterocycles. The molecule has 1 fully saturated rings. The summed E-state index contributed by atoms with van der Waals surface area (Å²) in [5.74, 6) is -0.962. The summed E-state index contributed by atoms with van der Waals surface area (Å²) >= 11 is 0. The first-order chi connectivity index (χ1) is 11.4. The summed E-state index contributed by atoms with van der Waals surface area (Å²) in [6, 6.07) is 0.818. The number of carboxylic acid groups (broad SMARTS) is 1. The van der Waals surface area contributed by atoms with E-state index in [1.807, 2.05) is 13.8 Å². The van der Waals surface area contributed by atoms with E-state index in [-0.39, 0.29) is 5.92 Å². The van der Waals surface area contributed by atoms with E-state index in [1.54, 1.807) is 13.0 Å². The standard InChI is InChI=1S/C17H21N3O4/c1-8(2)6-13(17(22)23)18-15(21)11-7-12(10-4-5-10)19-16-14(11)9(3)20-24-16/h7-8,10,13H,4-6H2,1-3H3,(H,18,21)(H,22,23). The van der Waals surface area contributed by atoms with E-state index < -0.39 is 17.9 Å². The van der Waals surface area contributed by atoms with Gasteiger partial charge in [0.25, 0.3) is 11.6 Å². The molecule has 24 heavy (non-hydrogen) atoms. The van der Waals surface area contributed by atoms with Crippen LogP contribution in [0.1, 0.15) is 60.8 Å². The number of aryl methyl sites for hydroxylation is 1. The van der Waals surface area contributed by atoms with Gasteiger partial charge in [-0.15, -0.1) is 0 Å². The number of nitrogens with zero attached hydrogens (tertiary/aromatic N) is 2. The number of aromatic nitrogens is 2. The van der Waals surface area contributed by atoms with Crippen LogP contribution in [0.25, 0.3) is 11.1 Å². The lowest BCUT2D eigenvalue weighted by Crippen LogP contribution is -2.41. The van der Waals surface area contributed by atoms with Gasteiger partial charge < -0.3 is 14.9 Å². The van der Waals surface area contributed by atoms with Crippen molar-refractivity contribution < 1.29 is 19.2 Å². The average Bonchev–Trinajstić information content (AvgIpc) is 3.29. The van der Waals surface area contributed by atoms with Crippen molar-refractivity contribution >= 4 is 23.0 Å². The number of hydrogen-bond acceptors (Lipinski definition) is 5. The van der Waals surface area contributed by atoms with Gasteiger partial charge in [-0.1, -0.05) is 19.0 Å². The summed E-state index contributed by atoms with van der Waals surface area (Å²) in [7, 11) is 0. The largest absolute Gasteiger partial charge is 0.480 e. The second kappa shape index (κ2) is 6.22. The fourth-order valence-corrected chi connectivity index (χ4v) is 2.81. The minimum atomic E-state index is -1.04. The summed E-state index contributed by atoms with van der Waals surface area (Å²) in [5.41, 5.74) is 2.09. The molecule has 0 saturated heterocycles. The first-order valence-electron chi connectivity index (χ1n) is 8.17. The van der Waals surface area contributed by atoms with Crippen LogP contribution in [0.2, 0.25) is 0 Å². The molecule has 0 spiro atoms. The highest BCUT2D eigenvalue weighted by Crippen LogP contribution is 2.40. The molecule has 0 bridgehead atoms. The fraction of sp³-hybridized carbons (Fsp3) is 0.529. The summed E-state index contributed by atoms with van der Waals surface area (Å²) in [6.07, 6.45) is 2.45. The molecular weight excluding hydrogens is 310 g/mol. The van der Waals surface area contributed by atoms with Crippen molar-refractivity contribution in [2.24, 2.45) is 5.92 Å². The molecule has 1 aliphatic carbocycles. The van der Waals surface area contributed by atoms with E-state index in [2.05, 4.69) is 15.5 Å². The molecule has 3 rings (SSSR count). The number of hydrogen-bond donors (Lipinski definition) is 2. The number of rotatable bonds is 6. The van der Waals surface area contributed by atoms with E-state index in [4.69, 9.17) is 4.52 Å². The van der Waals surface area contributed by atoms with Gasteiger partial charge in [0.1, 0.15) is 6.04 Å². The van der Waals surface area contributed by atoms with Crippen molar-refractivity contribution in [3.05, 3.63) is 23.0 Å². The molecule has 2 aromatic rings. The predicted molar refractivity (Wildman–Crippen MR) is 86.9 cm³/mol. The Labute approximate surface area is 139 Å². The van der Waals surface area contributed by atoms with Crippen LogP contribution in [0, 0.1) is 12.8 Å². The van der Waals surface area contributed by atoms with Gasteiger partial charge in [-0.05, 0) is 38.2 Å². The van der Waals surface area contributed by atoms with E-state index >= 15 is 0 Å². The Hall–Kier alpha value is -2.44. The predicted octanol–water partition coefficient (Wildman–Crippen LogP) is 2.64. The highest BCUT2D eigenvalue weighted by atomic mass is 16.5. The molecule has 1 saturated carbocycles. The van der Waals surface area contributed by atoms with Crippen LogP contribution in [0.5, 0.6) is 0 Å². The van der Waals surface area contributed by atoms with Crippen molar-refractivity contribution in [3.63, 3.8) is 0 Å². The van der Waals surface area contributed by atoms with Crippen molar-refractivity contribution in [1.82, 2.24) is 15.5 Å². The Morgan fingerprint density at radius 2 is 2.12 bits per heavy atom. The molecule has 0 aliphatic heterocycles. The maximum atomic E-state index is 12.7. The number of fused-ring (bicyclic) bond motifs is 1. The smallest absolute Gasteiger partial charge is 0.326 e. The van der Waals surface area contributed by atoms with Gasteiger partial charge >= 0.3 is 5.97 Å². The van der Waals surface area contributed by atoms with Gasteiger partial charge in [-0.2, -0.15) is 0 Å². The molecule has 128 valence electrons. The molecular formula is C17H21N3O4. The van der Waals surface area contributed by atoms with Crippen LogP contribution in [0.3, 0.4) is 0 Å². The van der Waals surface area contributed by atoms with Gasteiger partial charge in [-0.25, -0.2) is 9.78 Å². The molecule has 2 N–H and O–H groups in total. The summed E-state index contributed by atoms with van der Waals surface area (Å²) in [6.45, 7) is 5.58. The molecule has 1 amide bonds. The van der Waals surface area contributed by atoms with Gasteiger partial charge in [-0.3, -0.25) is 4.79 Å². The Bertz CT molecular complexity index is 792. The highest BCUT2D eigenvalue weighted by Gasteiger charge is 2.30. The Morgan fingerprint density at radius 3 is 2.71 bits per heavy atom. The van der Waals surface area contributed by atoms with Crippen LogP contribution in [0.15, 0.2) is 10.6 Å². The second-order valence-corrected chi connectivity index (χ2v) is 6.81. The molecule has 7 nitrogen and oxygen atoms in total. The number of pyridine rings is 1. The molecule has 7 heteroatoms.